The SMILES string of the molecule is O=C(c1ccc2c(ccn2CCN2CCCCC2)c1)N1CCN(C2CCCC2)CC1. The Balaban J connectivity index is 1.20. The molecule has 0 unspecified atom stereocenters. The third kappa shape index (κ3) is 4.28. The van der Waals surface area contributed by atoms with E-state index in [1.807, 2.05) is 6.07 Å². The van der Waals surface area contributed by atoms with Crippen LogP contribution in [0.3, 0.4) is 0 Å². The van der Waals surface area contributed by atoms with Crippen LogP contribution in [0.15, 0.2) is 30.5 Å². The van der Waals surface area contributed by atoms with E-state index in [1.54, 1.807) is 0 Å². The van der Waals surface area contributed by atoms with Gasteiger partial charge in [-0.15, -0.1) is 0 Å². The summed E-state index contributed by atoms with van der Waals surface area (Å²) in [7, 11) is 0. The zero-order valence-corrected chi connectivity index (χ0v) is 18.3. The van der Waals surface area contributed by atoms with E-state index in [4.69, 9.17) is 0 Å². The molecule has 2 saturated heterocycles. The minimum atomic E-state index is 0.198. The number of fused-ring (bicyclic) bond motifs is 1. The van der Waals surface area contributed by atoms with Crippen molar-refractivity contribution >= 4 is 16.8 Å². The van der Waals surface area contributed by atoms with Crippen LogP contribution in [0.4, 0.5) is 0 Å². The molecule has 162 valence electrons. The van der Waals surface area contributed by atoms with Gasteiger partial charge in [0.1, 0.15) is 0 Å². The van der Waals surface area contributed by atoms with E-state index in [1.165, 1.54) is 68.9 Å². The maximum atomic E-state index is 13.1. The molecule has 1 amide bonds. The zero-order valence-electron chi connectivity index (χ0n) is 18.3. The maximum absolute atomic E-state index is 13.1. The summed E-state index contributed by atoms with van der Waals surface area (Å²) in [5.74, 6) is 0.198. The number of piperazine rings is 1. The van der Waals surface area contributed by atoms with Crippen LogP contribution in [0.25, 0.3) is 10.9 Å². The van der Waals surface area contributed by atoms with Crippen molar-refractivity contribution in [3.8, 4) is 0 Å². The molecule has 1 aromatic heterocycles. The number of carbonyl (C=O) groups is 1. The highest BCUT2D eigenvalue weighted by atomic mass is 16.2. The lowest BCUT2D eigenvalue weighted by atomic mass is 10.1. The van der Waals surface area contributed by atoms with E-state index in [9.17, 15) is 4.79 Å². The third-order valence-electron chi connectivity index (χ3n) is 7.57. The van der Waals surface area contributed by atoms with Crippen molar-refractivity contribution in [3.63, 3.8) is 0 Å². The summed E-state index contributed by atoms with van der Waals surface area (Å²) in [5.41, 5.74) is 2.08. The Kier molecular flexibility index (Phi) is 6.09. The number of benzene rings is 1. The van der Waals surface area contributed by atoms with Crippen molar-refractivity contribution in [2.75, 3.05) is 45.8 Å². The molecule has 1 saturated carbocycles. The van der Waals surface area contributed by atoms with Gasteiger partial charge in [-0.05, 0) is 63.0 Å². The lowest BCUT2D eigenvalue weighted by Crippen LogP contribution is -2.51. The Hall–Kier alpha value is -1.85. The second-order valence-electron chi connectivity index (χ2n) is 9.45. The molecular formula is C25H36N4O. The number of likely N-dealkylation sites (tertiary alicyclic amines) is 1. The topological polar surface area (TPSA) is 31.7 Å². The molecule has 5 rings (SSSR count). The normalized spacial score (nSPS) is 22.2. The Morgan fingerprint density at radius 2 is 1.60 bits per heavy atom. The smallest absolute Gasteiger partial charge is 0.253 e. The van der Waals surface area contributed by atoms with Crippen molar-refractivity contribution in [2.45, 2.75) is 57.5 Å². The quantitative estimate of drug-likeness (QED) is 0.754. The van der Waals surface area contributed by atoms with Crippen LogP contribution in [0, 0.1) is 0 Å². The Morgan fingerprint density at radius 3 is 2.37 bits per heavy atom. The van der Waals surface area contributed by atoms with Crippen LogP contribution in [-0.2, 0) is 6.54 Å². The van der Waals surface area contributed by atoms with E-state index >= 15 is 0 Å². The number of carbonyl (C=O) groups excluding carboxylic acids is 1. The largest absolute Gasteiger partial charge is 0.346 e. The molecule has 0 bridgehead atoms. The van der Waals surface area contributed by atoms with Crippen LogP contribution in [0.2, 0.25) is 0 Å². The highest BCUT2D eigenvalue weighted by Crippen LogP contribution is 2.25. The third-order valence-corrected chi connectivity index (χ3v) is 7.57. The molecule has 0 spiro atoms. The van der Waals surface area contributed by atoms with Gasteiger partial charge in [0.05, 0.1) is 0 Å². The van der Waals surface area contributed by atoms with E-state index in [0.29, 0.717) is 0 Å². The number of nitrogens with zero attached hydrogens (tertiary/aromatic N) is 4. The molecule has 3 heterocycles. The molecule has 0 radical (unpaired) electrons. The Bertz CT molecular complexity index is 855. The summed E-state index contributed by atoms with van der Waals surface area (Å²) in [5, 5.41) is 1.18. The lowest BCUT2D eigenvalue weighted by molar-refractivity contribution is 0.0573. The second-order valence-corrected chi connectivity index (χ2v) is 9.45. The number of hydrogen-bond donors (Lipinski definition) is 0. The number of piperidine rings is 1. The standard InChI is InChI=1S/C25H36N4O/c30-25(29-18-16-27(17-19-29)23-6-2-3-7-23)22-8-9-24-21(20-22)10-13-28(24)15-14-26-11-4-1-5-12-26/h8-10,13,20,23H,1-7,11-12,14-19H2. The molecule has 1 aromatic carbocycles. The van der Waals surface area contributed by atoms with E-state index < -0.39 is 0 Å². The molecule has 2 aliphatic heterocycles. The van der Waals surface area contributed by atoms with Gasteiger partial charge in [-0.25, -0.2) is 0 Å². The average Bonchev–Trinajstić information content (AvgIpc) is 3.48. The fourth-order valence-electron chi connectivity index (χ4n) is 5.70. The Labute approximate surface area is 180 Å². The molecular weight excluding hydrogens is 372 g/mol. The van der Waals surface area contributed by atoms with Gasteiger partial charge in [-0.2, -0.15) is 0 Å². The minimum absolute atomic E-state index is 0.198. The maximum Gasteiger partial charge on any atom is 0.253 e. The minimum Gasteiger partial charge on any atom is -0.346 e. The lowest BCUT2D eigenvalue weighted by Gasteiger charge is -2.38. The summed E-state index contributed by atoms with van der Waals surface area (Å²) in [6.07, 6.45) is 11.7. The predicted octanol–water partition coefficient (Wildman–Crippen LogP) is 3.83. The van der Waals surface area contributed by atoms with Crippen LogP contribution >= 0.6 is 0 Å². The van der Waals surface area contributed by atoms with E-state index in [2.05, 4.69) is 43.7 Å². The van der Waals surface area contributed by atoms with E-state index in [-0.39, 0.29) is 5.91 Å². The fourth-order valence-corrected chi connectivity index (χ4v) is 5.70. The van der Waals surface area contributed by atoms with Gasteiger partial charge in [-0.3, -0.25) is 9.69 Å². The number of amides is 1. The van der Waals surface area contributed by atoms with Crippen LogP contribution in [-0.4, -0.2) is 77.0 Å². The fraction of sp³-hybridized carbons (Fsp3) is 0.640. The highest BCUT2D eigenvalue weighted by molar-refractivity contribution is 5.98. The summed E-state index contributed by atoms with van der Waals surface area (Å²) in [6, 6.07) is 9.21. The molecule has 3 fully saturated rings. The summed E-state index contributed by atoms with van der Waals surface area (Å²) >= 11 is 0. The van der Waals surface area contributed by atoms with Crippen molar-refractivity contribution in [3.05, 3.63) is 36.0 Å². The van der Waals surface area contributed by atoms with Crippen LogP contribution in [0.1, 0.15) is 55.3 Å². The number of rotatable bonds is 5. The average molecular weight is 409 g/mol. The first kappa shape index (κ1) is 20.1. The number of hydrogen-bond acceptors (Lipinski definition) is 3. The first-order valence-corrected chi connectivity index (χ1v) is 12.1. The number of aromatic nitrogens is 1. The van der Waals surface area contributed by atoms with Gasteiger partial charge in [-0.1, -0.05) is 19.3 Å². The first-order valence-electron chi connectivity index (χ1n) is 12.1. The predicted molar refractivity (Wildman–Crippen MR) is 122 cm³/mol. The van der Waals surface area contributed by atoms with Crippen molar-refractivity contribution < 1.29 is 4.79 Å². The molecule has 5 heteroatoms. The van der Waals surface area contributed by atoms with Gasteiger partial charge < -0.3 is 14.4 Å². The molecule has 1 aliphatic carbocycles. The van der Waals surface area contributed by atoms with Crippen molar-refractivity contribution in [1.29, 1.82) is 0 Å². The highest BCUT2D eigenvalue weighted by Gasteiger charge is 2.28. The first-order chi connectivity index (χ1) is 14.8. The van der Waals surface area contributed by atoms with Gasteiger partial charge in [0.25, 0.3) is 5.91 Å². The molecule has 3 aliphatic rings. The van der Waals surface area contributed by atoms with Gasteiger partial charge in [0.15, 0.2) is 0 Å². The molecule has 0 atom stereocenters. The zero-order chi connectivity index (χ0) is 20.3. The van der Waals surface area contributed by atoms with Gasteiger partial charge >= 0.3 is 0 Å². The van der Waals surface area contributed by atoms with Crippen LogP contribution < -0.4 is 0 Å². The summed E-state index contributed by atoms with van der Waals surface area (Å²) in [6.45, 7) is 8.43. The molecule has 5 nitrogen and oxygen atoms in total. The van der Waals surface area contributed by atoms with E-state index in [0.717, 1.165) is 50.9 Å². The molecule has 2 aromatic rings. The molecule has 0 N–H and O–H groups in total. The van der Waals surface area contributed by atoms with Crippen molar-refractivity contribution in [1.82, 2.24) is 19.3 Å². The molecule has 30 heavy (non-hydrogen) atoms. The van der Waals surface area contributed by atoms with Crippen LogP contribution in [0.5, 0.6) is 0 Å². The monoisotopic (exact) mass is 408 g/mol. The second kappa shape index (κ2) is 9.11. The Morgan fingerprint density at radius 1 is 0.833 bits per heavy atom. The van der Waals surface area contributed by atoms with Gasteiger partial charge in [0, 0.05) is 68.0 Å². The summed E-state index contributed by atoms with van der Waals surface area (Å²) in [4.78, 5) is 20.4. The van der Waals surface area contributed by atoms with Gasteiger partial charge in [0.2, 0.25) is 0 Å². The van der Waals surface area contributed by atoms with Crippen molar-refractivity contribution in [2.24, 2.45) is 0 Å². The summed E-state index contributed by atoms with van der Waals surface area (Å²) < 4.78 is 2.35.